The van der Waals surface area contributed by atoms with E-state index in [1.807, 2.05) is 53.2 Å². The van der Waals surface area contributed by atoms with Gasteiger partial charge in [-0.15, -0.1) is 0 Å². The van der Waals surface area contributed by atoms with Crippen LogP contribution in [-0.2, 0) is 6.54 Å². The molecule has 1 aromatic carbocycles. The number of nitrogens with two attached hydrogens (primary N) is 1. The summed E-state index contributed by atoms with van der Waals surface area (Å²) >= 11 is 6.25. The van der Waals surface area contributed by atoms with E-state index in [-0.39, 0.29) is 0 Å². The van der Waals surface area contributed by atoms with E-state index >= 15 is 0 Å². The van der Waals surface area contributed by atoms with Crippen molar-refractivity contribution in [1.82, 2.24) is 9.38 Å². The van der Waals surface area contributed by atoms with Crippen molar-refractivity contribution in [3.8, 4) is 11.1 Å². The van der Waals surface area contributed by atoms with E-state index in [0.29, 0.717) is 6.54 Å². The maximum atomic E-state index is 6.25. The molecule has 0 aliphatic heterocycles. The molecule has 0 aliphatic rings. The van der Waals surface area contributed by atoms with Crippen LogP contribution in [0.4, 0.5) is 0 Å². The molecule has 0 aliphatic carbocycles. The number of halogens is 1. The van der Waals surface area contributed by atoms with Crippen LogP contribution < -0.4 is 5.73 Å². The molecule has 0 unspecified atom stereocenters. The minimum Gasteiger partial charge on any atom is -0.324 e. The van der Waals surface area contributed by atoms with Gasteiger partial charge in [-0.2, -0.15) is 0 Å². The van der Waals surface area contributed by atoms with Crippen molar-refractivity contribution >= 4 is 17.1 Å². The number of imidazole rings is 1. The molecule has 3 aromatic rings. The molecular weight excluding hydrogens is 246 g/mol. The average molecular weight is 258 g/mol. The third kappa shape index (κ3) is 1.68. The van der Waals surface area contributed by atoms with Gasteiger partial charge in [0.1, 0.15) is 5.82 Å². The predicted octanol–water partition coefficient (Wildman–Crippen LogP) is 3.11. The van der Waals surface area contributed by atoms with Crippen molar-refractivity contribution in [2.75, 3.05) is 0 Å². The molecule has 2 aromatic heterocycles. The van der Waals surface area contributed by atoms with Crippen molar-refractivity contribution in [1.29, 1.82) is 0 Å². The Bertz CT molecular complexity index is 703. The molecule has 18 heavy (non-hydrogen) atoms. The zero-order chi connectivity index (χ0) is 12.5. The molecule has 90 valence electrons. The van der Waals surface area contributed by atoms with Crippen molar-refractivity contribution in [2.45, 2.75) is 6.54 Å². The van der Waals surface area contributed by atoms with Crippen molar-refractivity contribution in [3.63, 3.8) is 0 Å². The highest BCUT2D eigenvalue weighted by atomic mass is 35.5. The van der Waals surface area contributed by atoms with Crippen molar-refractivity contribution in [2.24, 2.45) is 5.73 Å². The molecule has 0 amide bonds. The zero-order valence-corrected chi connectivity index (χ0v) is 10.4. The average Bonchev–Trinajstić information content (AvgIpc) is 2.82. The summed E-state index contributed by atoms with van der Waals surface area (Å²) in [6.45, 7) is 0.417. The highest BCUT2D eigenvalue weighted by Crippen LogP contribution is 2.30. The fourth-order valence-electron chi connectivity index (χ4n) is 2.13. The Balaban J connectivity index is 2.30. The summed E-state index contributed by atoms with van der Waals surface area (Å²) < 4.78 is 2.00. The summed E-state index contributed by atoms with van der Waals surface area (Å²) in [6, 6.07) is 11.8. The summed E-state index contributed by atoms with van der Waals surface area (Å²) in [4.78, 5) is 4.32. The van der Waals surface area contributed by atoms with Gasteiger partial charge in [0.2, 0.25) is 0 Å². The van der Waals surface area contributed by atoms with Crippen LogP contribution in [0.2, 0.25) is 5.02 Å². The van der Waals surface area contributed by atoms with E-state index in [1.54, 1.807) is 0 Å². The van der Waals surface area contributed by atoms with Crippen LogP contribution in [0, 0.1) is 0 Å². The van der Waals surface area contributed by atoms with E-state index in [4.69, 9.17) is 17.3 Å². The molecule has 0 atom stereocenters. The lowest BCUT2D eigenvalue weighted by atomic mass is 10.1. The molecule has 0 saturated carbocycles. The van der Waals surface area contributed by atoms with Gasteiger partial charge in [0.15, 0.2) is 0 Å². The minimum absolute atomic E-state index is 0.417. The largest absolute Gasteiger partial charge is 0.324 e. The van der Waals surface area contributed by atoms with E-state index in [9.17, 15) is 0 Å². The van der Waals surface area contributed by atoms with E-state index in [1.165, 1.54) is 0 Å². The van der Waals surface area contributed by atoms with Crippen LogP contribution in [-0.4, -0.2) is 9.38 Å². The van der Waals surface area contributed by atoms with Crippen LogP contribution in [0.15, 0.2) is 48.8 Å². The quantitative estimate of drug-likeness (QED) is 0.767. The SMILES string of the molecule is NCc1ncc2c(-c3ccccc3Cl)cccn12. The number of nitrogens with zero attached hydrogens (tertiary/aromatic N) is 2. The predicted molar refractivity (Wildman–Crippen MR) is 73.5 cm³/mol. The summed E-state index contributed by atoms with van der Waals surface area (Å²) in [6.07, 6.45) is 3.80. The minimum atomic E-state index is 0.417. The third-order valence-electron chi connectivity index (χ3n) is 2.99. The Labute approximate surface area is 110 Å². The van der Waals surface area contributed by atoms with Crippen LogP contribution in [0.5, 0.6) is 0 Å². The summed E-state index contributed by atoms with van der Waals surface area (Å²) in [5.41, 5.74) is 8.76. The van der Waals surface area contributed by atoms with Crippen LogP contribution in [0.3, 0.4) is 0 Å². The second kappa shape index (κ2) is 4.44. The highest BCUT2D eigenvalue weighted by Gasteiger charge is 2.09. The van der Waals surface area contributed by atoms with E-state index in [2.05, 4.69) is 4.98 Å². The first-order valence-corrected chi connectivity index (χ1v) is 6.09. The zero-order valence-electron chi connectivity index (χ0n) is 9.68. The first kappa shape index (κ1) is 11.3. The summed E-state index contributed by atoms with van der Waals surface area (Å²) in [5, 5.41) is 0.737. The van der Waals surface area contributed by atoms with Crippen LogP contribution >= 0.6 is 11.6 Å². The first-order chi connectivity index (χ1) is 8.81. The maximum Gasteiger partial charge on any atom is 0.127 e. The van der Waals surface area contributed by atoms with Gasteiger partial charge in [0.05, 0.1) is 18.3 Å². The molecule has 3 rings (SSSR count). The standard InChI is InChI=1S/C14H12ClN3/c15-12-6-2-1-4-10(12)11-5-3-7-18-13(11)9-17-14(18)8-16/h1-7,9H,8,16H2. The lowest BCUT2D eigenvalue weighted by Gasteiger charge is -2.07. The molecule has 4 heteroatoms. The monoisotopic (exact) mass is 257 g/mol. The normalized spacial score (nSPS) is 11.0. The Kier molecular flexibility index (Phi) is 2.78. The molecule has 0 fully saturated rings. The van der Waals surface area contributed by atoms with Crippen LogP contribution in [0.1, 0.15) is 5.82 Å². The topological polar surface area (TPSA) is 43.3 Å². The number of hydrogen-bond acceptors (Lipinski definition) is 2. The summed E-state index contributed by atoms with van der Waals surface area (Å²) in [7, 11) is 0. The lowest BCUT2D eigenvalue weighted by Crippen LogP contribution is -2.02. The first-order valence-electron chi connectivity index (χ1n) is 5.71. The van der Waals surface area contributed by atoms with Crippen LogP contribution in [0.25, 0.3) is 16.6 Å². The van der Waals surface area contributed by atoms with Gasteiger partial charge in [-0.05, 0) is 12.1 Å². The number of pyridine rings is 1. The van der Waals surface area contributed by atoms with Crippen molar-refractivity contribution in [3.05, 3.63) is 59.6 Å². The fraction of sp³-hybridized carbons (Fsp3) is 0.0714. The van der Waals surface area contributed by atoms with Gasteiger partial charge in [-0.3, -0.25) is 0 Å². The smallest absolute Gasteiger partial charge is 0.127 e. The highest BCUT2D eigenvalue weighted by molar-refractivity contribution is 6.33. The maximum absolute atomic E-state index is 6.25. The Morgan fingerprint density at radius 1 is 1.11 bits per heavy atom. The Hall–Kier alpha value is -1.84. The molecule has 0 spiro atoms. The van der Waals surface area contributed by atoms with Gasteiger partial charge >= 0.3 is 0 Å². The fourth-order valence-corrected chi connectivity index (χ4v) is 2.37. The molecular formula is C14H12ClN3. The van der Waals surface area contributed by atoms with Gasteiger partial charge in [0, 0.05) is 22.3 Å². The number of rotatable bonds is 2. The Morgan fingerprint density at radius 2 is 1.89 bits per heavy atom. The molecule has 2 N–H and O–H groups in total. The van der Waals surface area contributed by atoms with Gasteiger partial charge in [0.25, 0.3) is 0 Å². The summed E-state index contributed by atoms with van der Waals surface area (Å²) in [5.74, 6) is 0.846. The van der Waals surface area contributed by atoms with Gasteiger partial charge < -0.3 is 10.1 Å². The number of aromatic nitrogens is 2. The third-order valence-corrected chi connectivity index (χ3v) is 3.32. The van der Waals surface area contributed by atoms with Gasteiger partial charge in [-0.1, -0.05) is 35.9 Å². The molecule has 3 nitrogen and oxygen atoms in total. The molecule has 0 bridgehead atoms. The number of fused-ring (bicyclic) bond motifs is 1. The second-order valence-corrected chi connectivity index (χ2v) is 4.44. The van der Waals surface area contributed by atoms with Crippen molar-refractivity contribution < 1.29 is 0 Å². The van der Waals surface area contributed by atoms with Gasteiger partial charge in [-0.25, -0.2) is 4.98 Å². The second-order valence-electron chi connectivity index (χ2n) is 4.04. The Morgan fingerprint density at radius 3 is 2.67 bits per heavy atom. The molecule has 0 radical (unpaired) electrons. The van der Waals surface area contributed by atoms with E-state index < -0.39 is 0 Å². The lowest BCUT2D eigenvalue weighted by molar-refractivity contribution is 0.904. The number of benzene rings is 1. The number of hydrogen-bond donors (Lipinski definition) is 1. The molecule has 0 saturated heterocycles. The molecule has 2 heterocycles. The van der Waals surface area contributed by atoms with E-state index in [0.717, 1.165) is 27.5 Å².